The average molecular weight is 218 g/mol. The first-order chi connectivity index (χ1) is 7.40. The third-order valence-electron chi connectivity index (χ3n) is 1.93. The van der Waals surface area contributed by atoms with E-state index in [-0.39, 0.29) is 0 Å². The Labute approximate surface area is 92.8 Å². The molecule has 0 amide bonds. The normalized spacial score (nSPS) is 11.0. The molecule has 15 heavy (non-hydrogen) atoms. The Hall–Kier alpha value is -1.62. The number of tetrazole rings is 1. The minimum absolute atomic E-state index is 0.611. The number of nitrogens with one attached hydrogen (secondary N) is 1. The molecule has 1 N–H and O–H groups in total. The standard InChI is InChI=1S/C10H10N4S/c15-7-1-2-8-3-5-9(6-4-8)10-11-13-14-12-10/h1-6,15H,7H2,(H,11,12,13,14). The third-order valence-corrected chi connectivity index (χ3v) is 2.14. The summed E-state index contributed by atoms with van der Waals surface area (Å²) in [5, 5.41) is 13.7. The fraction of sp³-hybridized carbons (Fsp3) is 0.100. The summed E-state index contributed by atoms with van der Waals surface area (Å²) in [7, 11) is 0. The number of hydrogen-bond acceptors (Lipinski definition) is 4. The summed E-state index contributed by atoms with van der Waals surface area (Å²) >= 11 is 4.10. The van der Waals surface area contributed by atoms with Gasteiger partial charge in [-0.15, -0.1) is 10.2 Å². The smallest absolute Gasteiger partial charge is 0.177 e. The van der Waals surface area contributed by atoms with Gasteiger partial charge in [-0.25, -0.2) is 0 Å². The molecule has 0 spiro atoms. The highest BCUT2D eigenvalue weighted by molar-refractivity contribution is 7.80. The number of rotatable bonds is 3. The zero-order chi connectivity index (χ0) is 10.5. The second-order valence-electron chi connectivity index (χ2n) is 2.94. The molecule has 0 aliphatic heterocycles. The summed E-state index contributed by atoms with van der Waals surface area (Å²) in [6.07, 6.45) is 4.01. The zero-order valence-corrected chi connectivity index (χ0v) is 8.85. The van der Waals surface area contributed by atoms with Gasteiger partial charge in [-0.3, -0.25) is 0 Å². The molecule has 2 aromatic rings. The monoisotopic (exact) mass is 218 g/mol. The fourth-order valence-electron chi connectivity index (χ4n) is 1.22. The Morgan fingerprint density at radius 1 is 1.27 bits per heavy atom. The van der Waals surface area contributed by atoms with Crippen LogP contribution < -0.4 is 0 Å². The van der Waals surface area contributed by atoms with Crippen molar-refractivity contribution in [1.82, 2.24) is 20.6 Å². The van der Waals surface area contributed by atoms with Gasteiger partial charge in [0.05, 0.1) is 0 Å². The van der Waals surface area contributed by atoms with Crippen LogP contribution in [0.1, 0.15) is 5.56 Å². The van der Waals surface area contributed by atoms with Crippen LogP contribution in [0.3, 0.4) is 0 Å². The van der Waals surface area contributed by atoms with Crippen molar-refractivity contribution >= 4 is 18.7 Å². The van der Waals surface area contributed by atoms with Crippen molar-refractivity contribution in [2.24, 2.45) is 0 Å². The SMILES string of the molecule is SCC=Cc1ccc(-c2nn[nH]n2)cc1. The second kappa shape index (κ2) is 4.75. The molecule has 0 bridgehead atoms. The molecule has 5 heteroatoms. The highest BCUT2D eigenvalue weighted by Crippen LogP contribution is 2.14. The Balaban J connectivity index is 2.21. The van der Waals surface area contributed by atoms with Crippen LogP contribution in [0.2, 0.25) is 0 Å². The van der Waals surface area contributed by atoms with Crippen molar-refractivity contribution in [2.75, 3.05) is 5.75 Å². The Kier molecular flexibility index (Phi) is 3.14. The highest BCUT2D eigenvalue weighted by atomic mass is 32.1. The molecule has 0 saturated heterocycles. The van der Waals surface area contributed by atoms with Gasteiger partial charge in [0, 0.05) is 11.3 Å². The van der Waals surface area contributed by atoms with Gasteiger partial charge in [0.25, 0.3) is 0 Å². The van der Waals surface area contributed by atoms with Crippen LogP contribution in [0, 0.1) is 0 Å². The predicted molar refractivity (Wildman–Crippen MR) is 62.5 cm³/mol. The van der Waals surface area contributed by atoms with E-state index in [1.165, 1.54) is 0 Å². The van der Waals surface area contributed by atoms with E-state index in [0.717, 1.165) is 16.9 Å². The summed E-state index contributed by atoms with van der Waals surface area (Å²) in [5.74, 6) is 1.35. The lowest BCUT2D eigenvalue weighted by atomic mass is 10.1. The Morgan fingerprint density at radius 2 is 2.07 bits per heavy atom. The molecule has 0 unspecified atom stereocenters. The van der Waals surface area contributed by atoms with Crippen molar-refractivity contribution in [3.05, 3.63) is 35.9 Å². The van der Waals surface area contributed by atoms with E-state index in [4.69, 9.17) is 0 Å². The molecule has 4 nitrogen and oxygen atoms in total. The zero-order valence-electron chi connectivity index (χ0n) is 7.96. The molecule has 1 aromatic carbocycles. The van der Waals surface area contributed by atoms with Gasteiger partial charge in [-0.1, -0.05) is 36.4 Å². The van der Waals surface area contributed by atoms with Gasteiger partial charge in [-0.05, 0) is 10.8 Å². The molecular formula is C10H10N4S. The van der Waals surface area contributed by atoms with Gasteiger partial charge in [-0.2, -0.15) is 17.8 Å². The molecule has 0 aliphatic carbocycles. The number of benzene rings is 1. The molecular weight excluding hydrogens is 208 g/mol. The first-order valence-electron chi connectivity index (χ1n) is 4.51. The molecule has 0 saturated carbocycles. The topological polar surface area (TPSA) is 54.5 Å². The number of thiol groups is 1. The highest BCUT2D eigenvalue weighted by Gasteiger charge is 2.00. The lowest BCUT2D eigenvalue weighted by Gasteiger charge is -1.95. The van der Waals surface area contributed by atoms with Crippen LogP contribution >= 0.6 is 12.6 Å². The van der Waals surface area contributed by atoms with E-state index >= 15 is 0 Å². The average Bonchev–Trinajstić information content (AvgIpc) is 2.80. The number of aromatic amines is 1. The maximum Gasteiger partial charge on any atom is 0.204 e. The number of nitrogens with zero attached hydrogens (tertiary/aromatic N) is 3. The van der Waals surface area contributed by atoms with E-state index in [1.807, 2.05) is 36.4 Å². The Bertz CT molecular complexity index is 433. The maximum atomic E-state index is 4.10. The summed E-state index contributed by atoms with van der Waals surface area (Å²) < 4.78 is 0. The van der Waals surface area contributed by atoms with E-state index in [9.17, 15) is 0 Å². The Morgan fingerprint density at radius 3 is 2.67 bits per heavy atom. The van der Waals surface area contributed by atoms with Crippen molar-refractivity contribution in [3.8, 4) is 11.4 Å². The van der Waals surface area contributed by atoms with Gasteiger partial charge in [0.15, 0.2) is 0 Å². The van der Waals surface area contributed by atoms with E-state index in [0.29, 0.717) is 5.82 Å². The minimum Gasteiger partial charge on any atom is -0.177 e. The second-order valence-corrected chi connectivity index (χ2v) is 3.31. The van der Waals surface area contributed by atoms with Gasteiger partial charge >= 0.3 is 0 Å². The predicted octanol–water partition coefficient (Wildman–Crippen LogP) is 1.81. The van der Waals surface area contributed by atoms with Gasteiger partial charge in [0.1, 0.15) is 0 Å². The first kappa shape index (κ1) is 9.92. The summed E-state index contributed by atoms with van der Waals surface area (Å²) in [6, 6.07) is 7.93. The van der Waals surface area contributed by atoms with Crippen molar-refractivity contribution in [2.45, 2.75) is 0 Å². The van der Waals surface area contributed by atoms with Crippen molar-refractivity contribution < 1.29 is 0 Å². The minimum atomic E-state index is 0.611. The van der Waals surface area contributed by atoms with Crippen LogP contribution in [-0.2, 0) is 0 Å². The van der Waals surface area contributed by atoms with Crippen molar-refractivity contribution in [1.29, 1.82) is 0 Å². The van der Waals surface area contributed by atoms with E-state index in [2.05, 4.69) is 33.3 Å². The number of aromatic nitrogens is 4. The lowest BCUT2D eigenvalue weighted by molar-refractivity contribution is 0.881. The number of hydrogen-bond donors (Lipinski definition) is 2. The van der Waals surface area contributed by atoms with Crippen LogP contribution in [0.5, 0.6) is 0 Å². The lowest BCUT2D eigenvalue weighted by Crippen LogP contribution is -1.81. The van der Waals surface area contributed by atoms with Crippen LogP contribution in [-0.4, -0.2) is 26.4 Å². The number of H-pyrrole nitrogens is 1. The van der Waals surface area contributed by atoms with Gasteiger partial charge < -0.3 is 0 Å². The molecule has 1 heterocycles. The van der Waals surface area contributed by atoms with Crippen molar-refractivity contribution in [3.63, 3.8) is 0 Å². The molecule has 0 fully saturated rings. The maximum absolute atomic E-state index is 4.10. The molecule has 0 atom stereocenters. The van der Waals surface area contributed by atoms with Crippen LogP contribution in [0.15, 0.2) is 30.3 Å². The summed E-state index contributed by atoms with van der Waals surface area (Å²) in [4.78, 5) is 0. The summed E-state index contributed by atoms with van der Waals surface area (Å²) in [6.45, 7) is 0. The molecule has 0 radical (unpaired) electrons. The third kappa shape index (κ3) is 2.44. The molecule has 2 rings (SSSR count). The quantitative estimate of drug-likeness (QED) is 0.772. The molecule has 0 aliphatic rings. The van der Waals surface area contributed by atoms with Gasteiger partial charge in [0.2, 0.25) is 5.82 Å². The van der Waals surface area contributed by atoms with Crippen LogP contribution in [0.25, 0.3) is 17.5 Å². The van der Waals surface area contributed by atoms with Crippen LogP contribution in [0.4, 0.5) is 0 Å². The molecule has 76 valence electrons. The molecule has 1 aromatic heterocycles. The summed E-state index contributed by atoms with van der Waals surface area (Å²) in [5.41, 5.74) is 2.09. The largest absolute Gasteiger partial charge is 0.204 e. The first-order valence-corrected chi connectivity index (χ1v) is 5.14. The fourth-order valence-corrected chi connectivity index (χ4v) is 1.32. The van der Waals surface area contributed by atoms with E-state index < -0.39 is 0 Å². The van der Waals surface area contributed by atoms with E-state index in [1.54, 1.807) is 0 Å².